The van der Waals surface area contributed by atoms with Crippen molar-refractivity contribution in [3.8, 4) is 0 Å². The van der Waals surface area contributed by atoms with Crippen LogP contribution < -0.4 is 5.32 Å². The van der Waals surface area contributed by atoms with Crippen LogP contribution in [0.1, 0.15) is 46.0 Å². The molecule has 2 unspecified atom stereocenters. The number of carbonyl (C=O) groups is 2. The van der Waals surface area contributed by atoms with E-state index in [-0.39, 0.29) is 19.3 Å². The molecule has 0 aromatic rings. The van der Waals surface area contributed by atoms with Crippen LogP contribution in [0.4, 0.5) is 13.2 Å². The third kappa shape index (κ3) is 4.68. The summed E-state index contributed by atoms with van der Waals surface area (Å²) in [7, 11) is 0. The fourth-order valence-corrected chi connectivity index (χ4v) is 2.68. The highest BCUT2D eigenvalue weighted by atomic mass is 19.4. The van der Waals surface area contributed by atoms with Crippen LogP contribution in [0.25, 0.3) is 0 Å². The van der Waals surface area contributed by atoms with E-state index in [0.29, 0.717) is 12.8 Å². The van der Waals surface area contributed by atoms with Gasteiger partial charge < -0.3 is 10.4 Å². The second-order valence-electron chi connectivity index (χ2n) is 5.98. The van der Waals surface area contributed by atoms with Crippen molar-refractivity contribution in [1.82, 2.24) is 5.32 Å². The number of carboxylic acid groups (broad SMARTS) is 1. The largest absolute Gasteiger partial charge is 0.481 e. The molecule has 0 bridgehead atoms. The minimum Gasteiger partial charge on any atom is -0.481 e. The molecule has 0 aromatic heterocycles. The van der Waals surface area contributed by atoms with Crippen molar-refractivity contribution >= 4 is 11.9 Å². The van der Waals surface area contributed by atoms with Crippen LogP contribution in [0.3, 0.4) is 0 Å². The highest BCUT2D eigenvalue weighted by Gasteiger charge is 2.48. The lowest BCUT2D eigenvalue weighted by Crippen LogP contribution is -2.50. The summed E-state index contributed by atoms with van der Waals surface area (Å²) in [6.07, 6.45) is -3.52. The van der Waals surface area contributed by atoms with Gasteiger partial charge in [0.1, 0.15) is 0 Å². The fourth-order valence-electron chi connectivity index (χ4n) is 2.68. The smallest absolute Gasteiger partial charge is 0.392 e. The average molecular weight is 295 g/mol. The molecule has 1 saturated carbocycles. The number of nitrogens with one attached hydrogen (secondary N) is 1. The van der Waals surface area contributed by atoms with Gasteiger partial charge in [0.15, 0.2) is 0 Å². The van der Waals surface area contributed by atoms with Crippen molar-refractivity contribution in [3.05, 3.63) is 0 Å². The highest BCUT2D eigenvalue weighted by Crippen LogP contribution is 2.41. The molecule has 0 radical (unpaired) electrons. The van der Waals surface area contributed by atoms with Crippen molar-refractivity contribution in [2.75, 3.05) is 0 Å². The molecule has 1 fully saturated rings. The molecule has 0 saturated heterocycles. The SMILES string of the molecule is CC(C)(CC(=O)O)NC(=O)C1CCCCC1C(F)(F)F. The average Bonchev–Trinajstić information content (AvgIpc) is 2.25. The topological polar surface area (TPSA) is 66.4 Å². The van der Waals surface area contributed by atoms with Crippen LogP contribution in [0, 0.1) is 11.8 Å². The Hall–Kier alpha value is -1.27. The lowest BCUT2D eigenvalue weighted by Gasteiger charge is -2.34. The molecule has 20 heavy (non-hydrogen) atoms. The van der Waals surface area contributed by atoms with Gasteiger partial charge in [0.05, 0.1) is 12.3 Å². The van der Waals surface area contributed by atoms with Gasteiger partial charge in [-0.05, 0) is 26.7 Å². The fraction of sp³-hybridized carbons (Fsp3) is 0.846. The van der Waals surface area contributed by atoms with E-state index in [9.17, 15) is 22.8 Å². The third-order valence-corrected chi connectivity index (χ3v) is 3.58. The van der Waals surface area contributed by atoms with Crippen molar-refractivity contribution in [3.63, 3.8) is 0 Å². The molecule has 7 heteroatoms. The molecular formula is C13H20F3NO3. The number of aliphatic carboxylic acids is 1. The van der Waals surface area contributed by atoms with E-state index in [4.69, 9.17) is 5.11 Å². The Kier molecular flexibility index (Phi) is 5.05. The van der Waals surface area contributed by atoms with Gasteiger partial charge in [0.2, 0.25) is 5.91 Å². The van der Waals surface area contributed by atoms with E-state index in [0.717, 1.165) is 0 Å². The molecular weight excluding hydrogens is 275 g/mol. The zero-order chi connectivity index (χ0) is 15.6. The molecule has 1 rings (SSSR count). The number of carbonyl (C=O) groups excluding carboxylic acids is 1. The van der Waals surface area contributed by atoms with Gasteiger partial charge in [-0.2, -0.15) is 13.2 Å². The minimum absolute atomic E-state index is 0.0407. The lowest BCUT2D eigenvalue weighted by molar-refractivity contribution is -0.198. The predicted molar refractivity (Wildman–Crippen MR) is 66.0 cm³/mol. The first kappa shape index (κ1) is 16.8. The molecule has 2 atom stereocenters. The molecule has 0 heterocycles. The molecule has 0 spiro atoms. The zero-order valence-electron chi connectivity index (χ0n) is 11.6. The molecule has 4 nitrogen and oxygen atoms in total. The maximum absolute atomic E-state index is 12.9. The third-order valence-electron chi connectivity index (χ3n) is 3.58. The first-order chi connectivity index (χ1) is 9.03. The quantitative estimate of drug-likeness (QED) is 0.838. The van der Waals surface area contributed by atoms with Crippen LogP contribution in [0.15, 0.2) is 0 Å². The van der Waals surface area contributed by atoms with Gasteiger partial charge in [-0.15, -0.1) is 0 Å². The summed E-state index contributed by atoms with van der Waals surface area (Å²) in [5.74, 6) is -4.54. The number of rotatable bonds is 4. The summed E-state index contributed by atoms with van der Waals surface area (Å²) in [4.78, 5) is 22.7. The Bertz CT molecular complexity index is 380. The van der Waals surface area contributed by atoms with Crippen LogP contribution in [-0.2, 0) is 9.59 Å². The summed E-state index contributed by atoms with van der Waals surface area (Å²) >= 11 is 0. The minimum atomic E-state index is -4.39. The molecule has 1 amide bonds. The van der Waals surface area contributed by atoms with Crippen LogP contribution in [0.2, 0.25) is 0 Å². The Labute approximate surface area is 115 Å². The molecule has 1 aliphatic rings. The molecule has 116 valence electrons. The van der Waals surface area contributed by atoms with Crippen LogP contribution in [-0.4, -0.2) is 28.7 Å². The number of hydrogen-bond donors (Lipinski definition) is 2. The zero-order valence-corrected chi connectivity index (χ0v) is 11.6. The maximum atomic E-state index is 12.9. The van der Waals surface area contributed by atoms with Gasteiger partial charge in [-0.1, -0.05) is 12.8 Å². The van der Waals surface area contributed by atoms with Crippen molar-refractivity contribution in [1.29, 1.82) is 0 Å². The standard InChI is InChI=1S/C13H20F3NO3/c1-12(2,7-10(18)19)17-11(20)8-5-3-4-6-9(8)13(14,15)16/h8-9H,3-7H2,1-2H3,(H,17,20)(H,18,19). The first-order valence-electron chi connectivity index (χ1n) is 6.63. The molecule has 0 aliphatic heterocycles. The number of amides is 1. The Morgan fingerprint density at radius 1 is 1.20 bits per heavy atom. The molecule has 0 aromatic carbocycles. The van der Waals surface area contributed by atoms with Crippen LogP contribution >= 0.6 is 0 Å². The Morgan fingerprint density at radius 2 is 1.75 bits per heavy atom. The van der Waals surface area contributed by atoms with Gasteiger partial charge >= 0.3 is 12.1 Å². The normalized spacial score (nSPS) is 24.2. The summed E-state index contributed by atoms with van der Waals surface area (Å²) in [6.45, 7) is 2.98. The van der Waals surface area contributed by atoms with E-state index in [1.165, 1.54) is 13.8 Å². The summed E-state index contributed by atoms with van der Waals surface area (Å²) in [5.41, 5.74) is -1.06. The van der Waals surface area contributed by atoms with Gasteiger partial charge in [0.25, 0.3) is 0 Å². The maximum Gasteiger partial charge on any atom is 0.392 e. The summed E-state index contributed by atoms with van der Waals surface area (Å²) in [6, 6.07) is 0. The Balaban J connectivity index is 2.76. The highest BCUT2D eigenvalue weighted by molar-refractivity contribution is 5.81. The monoisotopic (exact) mass is 295 g/mol. The summed E-state index contributed by atoms with van der Waals surface area (Å²) in [5, 5.41) is 11.2. The molecule has 2 N–H and O–H groups in total. The lowest BCUT2D eigenvalue weighted by atomic mass is 9.78. The van der Waals surface area contributed by atoms with E-state index >= 15 is 0 Å². The predicted octanol–water partition coefficient (Wildman–Crippen LogP) is 2.72. The second kappa shape index (κ2) is 6.01. The van der Waals surface area contributed by atoms with Gasteiger partial charge in [0, 0.05) is 11.5 Å². The molecule has 1 aliphatic carbocycles. The van der Waals surface area contributed by atoms with Gasteiger partial charge in [-0.3, -0.25) is 9.59 Å². The number of halogens is 3. The van der Waals surface area contributed by atoms with E-state index in [1.807, 2.05) is 0 Å². The van der Waals surface area contributed by atoms with Crippen molar-refractivity contribution < 1.29 is 27.9 Å². The first-order valence-corrected chi connectivity index (χ1v) is 6.63. The van der Waals surface area contributed by atoms with Crippen molar-refractivity contribution in [2.24, 2.45) is 11.8 Å². The van der Waals surface area contributed by atoms with Gasteiger partial charge in [-0.25, -0.2) is 0 Å². The number of carboxylic acids is 1. The second-order valence-corrected chi connectivity index (χ2v) is 5.98. The van der Waals surface area contributed by atoms with E-state index in [2.05, 4.69) is 5.32 Å². The Morgan fingerprint density at radius 3 is 2.25 bits per heavy atom. The van der Waals surface area contributed by atoms with E-state index < -0.39 is 35.4 Å². The summed E-state index contributed by atoms with van der Waals surface area (Å²) < 4.78 is 38.8. The van der Waals surface area contributed by atoms with E-state index in [1.54, 1.807) is 0 Å². The number of alkyl halides is 3. The van der Waals surface area contributed by atoms with Crippen molar-refractivity contribution in [2.45, 2.75) is 57.7 Å². The van der Waals surface area contributed by atoms with Crippen LogP contribution in [0.5, 0.6) is 0 Å². The number of hydrogen-bond acceptors (Lipinski definition) is 2.